The highest BCUT2D eigenvalue weighted by molar-refractivity contribution is 7.99. The maximum Gasteiger partial charge on any atom is 0.288 e. The van der Waals surface area contributed by atoms with E-state index in [0.29, 0.717) is 33.1 Å². The Morgan fingerprint density at radius 1 is 1.12 bits per heavy atom. The third-order valence-electron chi connectivity index (χ3n) is 3.15. The summed E-state index contributed by atoms with van der Waals surface area (Å²) in [4.78, 5) is 13.1. The number of furan rings is 1. The highest BCUT2D eigenvalue weighted by atomic mass is 32.2. The lowest BCUT2D eigenvalue weighted by molar-refractivity contribution is 0.105. The minimum absolute atomic E-state index is 0.0728. The minimum atomic E-state index is -2.43. The van der Waals surface area contributed by atoms with Crippen molar-refractivity contribution in [1.82, 2.24) is 0 Å². The van der Waals surface area contributed by atoms with Crippen LogP contribution in [0.4, 0.5) is 8.78 Å². The van der Waals surface area contributed by atoms with Crippen molar-refractivity contribution in [1.29, 1.82) is 0 Å². The van der Waals surface area contributed by atoms with E-state index >= 15 is 0 Å². The molecular weight excluding hydrogens is 350 g/mol. The number of benzene rings is 1. The quantitative estimate of drug-likeness (QED) is 0.296. The lowest BCUT2D eigenvalue weighted by Crippen LogP contribution is -1.88. The van der Waals surface area contributed by atoms with Crippen LogP contribution in [0.3, 0.4) is 0 Å². The van der Waals surface area contributed by atoms with Crippen molar-refractivity contribution in [2.45, 2.75) is 10.7 Å². The van der Waals surface area contributed by atoms with Crippen LogP contribution in [0.25, 0.3) is 17.4 Å². The van der Waals surface area contributed by atoms with Gasteiger partial charge in [-0.25, -0.2) is 0 Å². The van der Waals surface area contributed by atoms with Crippen molar-refractivity contribution < 1.29 is 18.0 Å². The zero-order valence-corrected chi connectivity index (χ0v) is 14.0. The van der Waals surface area contributed by atoms with Crippen LogP contribution in [-0.2, 0) is 0 Å². The Morgan fingerprint density at radius 3 is 2.58 bits per heavy atom. The molecule has 122 valence electrons. The molecule has 0 saturated carbocycles. The summed E-state index contributed by atoms with van der Waals surface area (Å²) < 4.78 is 30.3. The summed E-state index contributed by atoms with van der Waals surface area (Å²) in [6.07, 6.45) is 3.09. The van der Waals surface area contributed by atoms with Crippen LogP contribution in [-0.4, -0.2) is 11.5 Å². The van der Waals surface area contributed by atoms with Crippen molar-refractivity contribution in [2.24, 2.45) is 0 Å². The molecule has 6 heteroatoms. The summed E-state index contributed by atoms with van der Waals surface area (Å²) >= 11 is 1.89. The molecule has 3 aromatic rings. The molecule has 2 heterocycles. The summed E-state index contributed by atoms with van der Waals surface area (Å²) in [6, 6.07) is 13.9. The van der Waals surface area contributed by atoms with Gasteiger partial charge < -0.3 is 4.42 Å². The van der Waals surface area contributed by atoms with Crippen LogP contribution in [0.2, 0.25) is 0 Å². The maximum atomic E-state index is 12.3. The largest absolute Gasteiger partial charge is 0.457 e. The molecule has 0 atom stereocenters. The molecule has 0 unspecified atom stereocenters. The molecule has 0 amide bonds. The molecule has 0 saturated heterocycles. The van der Waals surface area contributed by atoms with Gasteiger partial charge in [-0.15, -0.1) is 11.3 Å². The molecule has 0 radical (unpaired) electrons. The second-order valence-electron chi connectivity index (χ2n) is 4.78. The number of thiophene rings is 1. The van der Waals surface area contributed by atoms with Crippen LogP contribution in [0.1, 0.15) is 15.4 Å². The topological polar surface area (TPSA) is 30.2 Å². The second kappa shape index (κ2) is 7.59. The Kier molecular flexibility index (Phi) is 5.27. The van der Waals surface area contributed by atoms with Crippen LogP contribution in [0, 0.1) is 0 Å². The fourth-order valence-corrected chi connectivity index (χ4v) is 3.20. The molecule has 0 aliphatic heterocycles. The van der Waals surface area contributed by atoms with Crippen molar-refractivity contribution in [3.63, 3.8) is 0 Å². The lowest BCUT2D eigenvalue weighted by Gasteiger charge is -2.01. The van der Waals surface area contributed by atoms with Gasteiger partial charge in [-0.2, -0.15) is 8.78 Å². The zero-order chi connectivity index (χ0) is 16.9. The fraction of sp³-hybridized carbons (Fsp3) is 0.0556. The number of carbonyl (C=O) groups is 1. The Bertz CT molecular complexity index is 834. The Hall–Kier alpha value is -2.18. The normalized spacial score (nSPS) is 11.5. The van der Waals surface area contributed by atoms with Gasteiger partial charge in [0.1, 0.15) is 11.5 Å². The standard InChI is InChI=1S/C18H12F2O2S2/c19-18(20)24-14-7-3-12(4-8-14)16-10-6-13(22-16)5-9-15(21)17-2-1-11-23-17/h1-11,18H. The van der Waals surface area contributed by atoms with Crippen LogP contribution >= 0.6 is 23.1 Å². The molecule has 1 aromatic carbocycles. The van der Waals surface area contributed by atoms with E-state index in [0.717, 1.165) is 5.56 Å². The Morgan fingerprint density at radius 2 is 1.92 bits per heavy atom. The summed E-state index contributed by atoms with van der Waals surface area (Å²) in [7, 11) is 0. The van der Waals surface area contributed by atoms with Gasteiger partial charge in [0.15, 0.2) is 5.78 Å². The first-order valence-corrected chi connectivity index (χ1v) is 8.79. The van der Waals surface area contributed by atoms with Gasteiger partial charge in [0.2, 0.25) is 0 Å². The number of halogens is 2. The second-order valence-corrected chi connectivity index (χ2v) is 6.79. The van der Waals surface area contributed by atoms with E-state index in [4.69, 9.17) is 4.42 Å². The molecular formula is C18H12F2O2S2. The van der Waals surface area contributed by atoms with E-state index in [1.54, 1.807) is 48.5 Å². The third kappa shape index (κ3) is 4.21. The average Bonchev–Trinajstić information content (AvgIpc) is 3.25. The minimum Gasteiger partial charge on any atom is -0.457 e. The average molecular weight is 362 g/mol. The first-order chi connectivity index (χ1) is 11.6. The highest BCUT2D eigenvalue weighted by Gasteiger charge is 2.08. The number of hydrogen-bond acceptors (Lipinski definition) is 4. The molecule has 2 aromatic heterocycles. The molecule has 0 bridgehead atoms. The molecule has 2 nitrogen and oxygen atoms in total. The number of hydrogen-bond donors (Lipinski definition) is 0. The van der Waals surface area contributed by atoms with Gasteiger partial charge in [-0.3, -0.25) is 4.79 Å². The van der Waals surface area contributed by atoms with Gasteiger partial charge in [0.25, 0.3) is 5.76 Å². The molecule has 0 N–H and O–H groups in total. The van der Waals surface area contributed by atoms with Crippen molar-refractivity contribution in [2.75, 3.05) is 0 Å². The van der Waals surface area contributed by atoms with Gasteiger partial charge in [-0.1, -0.05) is 30.0 Å². The third-order valence-corrected chi connectivity index (χ3v) is 4.76. The van der Waals surface area contributed by atoms with Gasteiger partial charge in [0.05, 0.1) is 4.88 Å². The lowest BCUT2D eigenvalue weighted by atomic mass is 10.2. The predicted molar refractivity (Wildman–Crippen MR) is 93.7 cm³/mol. The predicted octanol–water partition coefficient (Wildman–Crippen LogP) is 6.22. The van der Waals surface area contributed by atoms with Crippen LogP contribution in [0.15, 0.2) is 69.3 Å². The number of ketones is 1. The summed E-state index contributed by atoms with van der Waals surface area (Å²) in [5.41, 5.74) is 0.790. The van der Waals surface area contributed by atoms with E-state index < -0.39 is 5.76 Å². The number of rotatable bonds is 6. The fourth-order valence-electron chi connectivity index (χ4n) is 2.06. The molecule has 0 aliphatic carbocycles. The monoisotopic (exact) mass is 362 g/mol. The SMILES string of the molecule is O=C(C=Cc1ccc(-c2ccc(SC(F)F)cc2)o1)c1cccs1. The Labute approximate surface area is 145 Å². The maximum absolute atomic E-state index is 12.3. The van der Waals surface area contributed by atoms with E-state index in [-0.39, 0.29) is 5.78 Å². The van der Waals surface area contributed by atoms with Gasteiger partial charge in [0, 0.05) is 10.5 Å². The van der Waals surface area contributed by atoms with Crippen molar-refractivity contribution >= 4 is 35.0 Å². The number of allylic oxidation sites excluding steroid dienone is 1. The van der Waals surface area contributed by atoms with Gasteiger partial charge in [-0.05, 0) is 47.9 Å². The number of carbonyl (C=O) groups excluding carboxylic acids is 1. The van der Waals surface area contributed by atoms with Gasteiger partial charge >= 0.3 is 0 Å². The first-order valence-electron chi connectivity index (χ1n) is 7.03. The van der Waals surface area contributed by atoms with E-state index in [2.05, 4.69) is 0 Å². The van der Waals surface area contributed by atoms with E-state index in [1.165, 1.54) is 17.4 Å². The zero-order valence-electron chi connectivity index (χ0n) is 12.3. The van der Waals surface area contributed by atoms with E-state index in [1.807, 2.05) is 11.4 Å². The van der Waals surface area contributed by atoms with Crippen LogP contribution in [0.5, 0.6) is 0 Å². The van der Waals surface area contributed by atoms with E-state index in [9.17, 15) is 13.6 Å². The Balaban J connectivity index is 1.70. The van der Waals surface area contributed by atoms with Crippen LogP contribution < -0.4 is 0 Å². The summed E-state index contributed by atoms with van der Waals surface area (Å²) in [5.74, 6) is -1.33. The highest BCUT2D eigenvalue weighted by Crippen LogP contribution is 2.29. The smallest absolute Gasteiger partial charge is 0.288 e. The molecule has 24 heavy (non-hydrogen) atoms. The molecule has 0 aliphatic rings. The summed E-state index contributed by atoms with van der Waals surface area (Å²) in [6.45, 7) is 0. The molecule has 0 spiro atoms. The number of alkyl halides is 2. The molecule has 0 fully saturated rings. The number of thioether (sulfide) groups is 1. The first kappa shape index (κ1) is 16.7. The van der Waals surface area contributed by atoms with Crippen molar-refractivity contribution in [3.05, 3.63) is 70.6 Å². The molecule has 3 rings (SSSR count). The summed E-state index contributed by atoms with van der Waals surface area (Å²) in [5, 5.41) is 1.85. The van der Waals surface area contributed by atoms with Crippen molar-refractivity contribution in [3.8, 4) is 11.3 Å².